The minimum atomic E-state index is -0.719. The normalized spacial score (nSPS) is 20.5. The summed E-state index contributed by atoms with van der Waals surface area (Å²) in [7, 11) is 1.94. The van der Waals surface area contributed by atoms with Gasteiger partial charge in [-0.1, -0.05) is 31.2 Å². The van der Waals surface area contributed by atoms with Gasteiger partial charge in [-0.05, 0) is 43.9 Å². The van der Waals surface area contributed by atoms with Crippen molar-refractivity contribution in [1.82, 2.24) is 4.90 Å². The van der Waals surface area contributed by atoms with Crippen LogP contribution in [0, 0.1) is 0 Å². The van der Waals surface area contributed by atoms with E-state index in [0.29, 0.717) is 6.42 Å². The van der Waals surface area contributed by atoms with Crippen LogP contribution in [0.4, 0.5) is 0 Å². The Hall–Kier alpha value is -1.35. The van der Waals surface area contributed by atoms with Crippen molar-refractivity contribution in [3.8, 4) is 0 Å². The summed E-state index contributed by atoms with van der Waals surface area (Å²) in [5.74, 6) is -0.719. The molecule has 1 aliphatic carbocycles. The molecule has 0 fully saturated rings. The maximum atomic E-state index is 11.3. The van der Waals surface area contributed by atoms with Crippen LogP contribution < -0.4 is 0 Å². The Kier molecular flexibility index (Phi) is 4.02. The number of nitrogens with zero attached hydrogens (tertiary/aromatic N) is 1. The average Bonchev–Trinajstić information content (AvgIpc) is 2.38. The highest BCUT2D eigenvalue weighted by atomic mass is 16.4. The lowest BCUT2D eigenvalue weighted by atomic mass is 9.86. The van der Waals surface area contributed by atoms with Crippen LogP contribution in [0.25, 0.3) is 0 Å². The number of carbonyl (C=O) groups is 1. The number of benzene rings is 1. The van der Waals surface area contributed by atoms with E-state index in [4.69, 9.17) is 0 Å². The fraction of sp³-hybridized carbons (Fsp3) is 0.533. The Balaban J connectivity index is 2.27. The summed E-state index contributed by atoms with van der Waals surface area (Å²) in [6.07, 6.45) is 3.95. The minimum absolute atomic E-state index is 0.246. The van der Waals surface area contributed by atoms with E-state index in [1.165, 1.54) is 11.1 Å². The summed E-state index contributed by atoms with van der Waals surface area (Å²) in [5.41, 5.74) is 2.69. The Morgan fingerprint density at radius 3 is 2.89 bits per heavy atom. The lowest BCUT2D eigenvalue weighted by Crippen LogP contribution is -2.41. The Morgan fingerprint density at radius 1 is 1.50 bits per heavy atom. The third-order valence-electron chi connectivity index (χ3n) is 3.99. The molecule has 0 spiro atoms. The van der Waals surface area contributed by atoms with Crippen LogP contribution in [0.2, 0.25) is 0 Å². The fourth-order valence-electron chi connectivity index (χ4n) is 3.01. The number of aliphatic carboxylic acids is 1. The van der Waals surface area contributed by atoms with Crippen LogP contribution in [0.5, 0.6) is 0 Å². The van der Waals surface area contributed by atoms with Crippen LogP contribution in [-0.2, 0) is 11.2 Å². The van der Waals surface area contributed by atoms with Crippen LogP contribution in [0.1, 0.15) is 43.4 Å². The van der Waals surface area contributed by atoms with Crippen LogP contribution >= 0.6 is 0 Å². The molecule has 1 aliphatic rings. The monoisotopic (exact) mass is 247 g/mol. The number of rotatable bonds is 4. The second-order valence-corrected chi connectivity index (χ2v) is 5.03. The molecule has 2 atom stereocenters. The number of aryl methyl sites for hydroxylation is 1. The summed E-state index contributed by atoms with van der Waals surface area (Å²) in [4.78, 5) is 13.3. The molecule has 0 radical (unpaired) electrons. The number of hydrogen-bond donors (Lipinski definition) is 1. The molecule has 1 aromatic rings. The summed E-state index contributed by atoms with van der Waals surface area (Å²) in [6, 6.07) is 8.28. The Labute approximate surface area is 108 Å². The van der Waals surface area contributed by atoms with Gasteiger partial charge in [-0.3, -0.25) is 9.69 Å². The molecule has 98 valence electrons. The van der Waals surface area contributed by atoms with Crippen molar-refractivity contribution in [1.29, 1.82) is 0 Å². The van der Waals surface area contributed by atoms with Gasteiger partial charge in [0.25, 0.3) is 0 Å². The molecule has 0 saturated heterocycles. The molecule has 0 amide bonds. The van der Waals surface area contributed by atoms with Crippen LogP contribution in [0.3, 0.4) is 0 Å². The molecule has 2 rings (SSSR count). The highest BCUT2D eigenvalue weighted by molar-refractivity contribution is 5.73. The van der Waals surface area contributed by atoms with Crippen molar-refractivity contribution in [2.75, 3.05) is 7.05 Å². The molecular weight excluding hydrogens is 226 g/mol. The van der Waals surface area contributed by atoms with E-state index in [1.807, 2.05) is 24.9 Å². The molecule has 3 heteroatoms. The van der Waals surface area contributed by atoms with E-state index in [1.54, 1.807) is 0 Å². The molecule has 0 aromatic heterocycles. The van der Waals surface area contributed by atoms with Gasteiger partial charge in [0.15, 0.2) is 0 Å². The van der Waals surface area contributed by atoms with E-state index in [9.17, 15) is 9.90 Å². The predicted molar refractivity (Wildman–Crippen MR) is 71.6 cm³/mol. The highest BCUT2D eigenvalue weighted by Gasteiger charge is 2.30. The molecule has 0 heterocycles. The minimum Gasteiger partial charge on any atom is -0.480 e. The molecule has 3 nitrogen and oxygen atoms in total. The predicted octanol–water partition coefficient (Wildman–Crippen LogP) is 2.86. The number of hydrogen-bond acceptors (Lipinski definition) is 2. The molecule has 18 heavy (non-hydrogen) atoms. The molecule has 2 unspecified atom stereocenters. The second-order valence-electron chi connectivity index (χ2n) is 5.03. The second kappa shape index (κ2) is 5.53. The summed E-state index contributed by atoms with van der Waals surface area (Å²) in [6.45, 7) is 1.93. The first kappa shape index (κ1) is 13.1. The third kappa shape index (κ3) is 2.41. The molecule has 1 aromatic carbocycles. The van der Waals surface area contributed by atoms with Gasteiger partial charge < -0.3 is 5.11 Å². The molecule has 1 N–H and O–H groups in total. The first-order valence-electron chi connectivity index (χ1n) is 6.67. The van der Waals surface area contributed by atoms with E-state index < -0.39 is 5.97 Å². The number of carboxylic acid groups (broad SMARTS) is 1. The molecule has 0 aliphatic heterocycles. The lowest BCUT2D eigenvalue weighted by molar-refractivity contribution is -0.144. The van der Waals surface area contributed by atoms with Crippen molar-refractivity contribution in [3.05, 3.63) is 35.4 Å². The van der Waals surface area contributed by atoms with Gasteiger partial charge in [0.05, 0.1) is 0 Å². The van der Waals surface area contributed by atoms with E-state index in [-0.39, 0.29) is 12.1 Å². The summed E-state index contributed by atoms with van der Waals surface area (Å²) >= 11 is 0. The van der Waals surface area contributed by atoms with Crippen molar-refractivity contribution in [2.24, 2.45) is 0 Å². The van der Waals surface area contributed by atoms with E-state index >= 15 is 0 Å². The molecular formula is C15H21NO2. The molecule has 0 saturated carbocycles. The van der Waals surface area contributed by atoms with Gasteiger partial charge in [-0.15, -0.1) is 0 Å². The fourth-order valence-corrected chi connectivity index (χ4v) is 3.01. The first-order chi connectivity index (χ1) is 8.65. The molecule has 0 bridgehead atoms. The number of carboxylic acids is 1. The van der Waals surface area contributed by atoms with Gasteiger partial charge in [-0.2, -0.15) is 0 Å². The Bertz CT molecular complexity index is 430. The van der Waals surface area contributed by atoms with Crippen molar-refractivity contribution >= 4 is 5.97 Å². The largest absolute Gasteiger partial charge is 0.480 e. The van der Waals surface area contributed by atoms with Crippen LogP contribution in [-0.4, -0.2) is 29.1 Å². The Morgan fingerprint density at radius 2 is 2.22 bits per heavy atom. The smallest absolute Gasteiger partial charge is 0.320 e. The van der Waals surface area contributed by atoms with Crippen molar-refractivity contribution in [3.63, 3.8) is 0 Å². The maximum Gasteiger partial charge on any atom is 0.320 e. The topological polar surface area (TPSA) is 40.5 Å². The van der Waals surface area contributed by atoms with Crippen molar-refractivity contribution < 1.29 is 9.90 Å². The zero-order valence-electron chi connectivity index (χ0n) is 11.1. The van der Waals surface area contributed by atoms with Crippen molar-refractivity contribution in [2.45, 2.75) is 44.7 Å². The summed E-state index contributed by atoms with van der Waals surface area (Å²) in [5, 5.41) is 9.28. The number of likely N-dealkylation sites (N-methyl/N-ethyl adjacent to an activating group) is 1. The number of fused-ring (bicyclic) bond motifs is 1. The standard InChI is InChI=1S/C15H21NO2/c1-3-13(15(17)18)16(2)14-10-6-8-11-7-4-5-9-12(11)14/h4-5,7,9,13-14H,3,6,8,10H2,1-2H3,(H,17,18). The highest BCUT2D eigenvalue weighted by Crippen LogP contribution is 2.34. The maximum absolute atomic E-state index is 11.3. The average molecular weight is 247 g/mol. The van der Waals surface area contributed by atoms with E-state index in [2.05, 4.69) is 18.2 Å². The lowest BCUT2D eigenvalue weighted by Gasteiger charge is -2.36. The first-order valence-corrected chi connectivity index (χ1v) is 6.67. The zero-order valence-corrected chi connectivity index (χ0v) is 11.1. The van der Waals surface area contributed by atoms with E-state index in [0.717, 1.165) is 19.3 Å². The van der Waals surface area contributed by atoms with Gasteiger partial charge >= 0.3 is 5.97 Å². The van der Waals surface area contributed by atoms with Gasteiger partial charge in [0.1, 0.15) is 6.04 Å². The third-order valence-corrected chi connectivity index (χ3v) is 3.99. The van der Waals surface area contributed by atoms with Gasteiger partial charge in [0.2, 0.25) is 0 Å². The quantitative estimate of drug-likeness (QED) is 0.889. The SMILES string of the molecule is CCC(C(=O)O)N(C)C1CCCc2ccccc21. The summed E-state index contributed by atoms with van der Waals surface area (Å²) < 4.78 is 0. The van der Waals surface area contributed by atoms with Crippen LogP contribution in [0.15, 0.2) is 24.3 Å². The van der Waals surface area contributed by atoms with Gasteiger partial charge in [0, 0.05) is 6.04 Å². The van der Waals surface area contributed by atoms with Gasteiger partial charge in [-0.25, -0.2) is 0 Å². The zero-order chi connectivity index (χ0) is 13.1.